The van der Waals surface area contributed by atoms with Gasteiger partial charge in [0.1, 0.15) is 0 Å². The maximum absolute atomic E-state index is 4.21. The van der Waals surface area contributed by atoms with Crippen LogP contribution in [-0.2, 0) is 5.54 Å². The van der Waals surface area contributed by atoms with Gasteiger partial charge in [0.2, 0.25) is 0 Å². The van der Waals surface area contributed by atoms with Crippen LogP contribution in [0.2, 0.25) is 0 Å². The van der Waals surface area contributed by atoms with Crippen LogP contribution in [0.5, 0.6) is 0 Å². The quantitative estimate of drug-likeness (QED) is 0.805. The third-order valence-corrected chi connectivity index (χ3v) is 3.47. The van der Waals surface area contributed by atoms with Crippen molar-refractivity contribution < 1.29 is 0 Å². The fraction of sp³-hybridized carbons (Fsp3) is 0.400. The second-order valence-electron chi connectivity index (χ2n) is 4.96. The van der Waals surface area contributed by atoms with Gasteiger partial charge < -0.3 is 9.47 Å². The van der Waals surface area contributed by atoms with E-state index in [2.05, 4.69) is 72.0 Å². The monoisotopic (exact) mass is 243 g/mol. The molecule has 0 bridgehead atoms. The van der Waals surface area contributed by atoms with Crippen LogP contribution in [0.25, 0.3) is 0 Å². The van der Waals surface area contributed by atoms with Crippen molar-refractivity contribution in [1.82, 2.24) is 14.5 Å². The highest BCUT2D eigenvalue weighted by molar-refractivity contribution is 5.26. The highest BCUT2D eigenvalue weighted by Crippen LogP contribution is 2.30. The van der Waals surface area contributed by atoms with Gasteiger partial charge in [0.25, 0.3) is 0 Å². The molecule has 0 aliphatic rings. The number of rotatable bonds is 5. The van der Waals surface area contributed by atoms with Crippen molar-refractivity contribution in [3.8, 4) is 0 Å². The first-order valence-electron chi connectivity index (χ1n) is 6.38. The molecule has 0 aliphatic carbocycles. The molecule has 0 aliphatic heterocycles. The summed E-state index contributed by atoms with van der Waals surface area (Å²) in [6, 6.07) is 10.7. The number of imidazole rings is 1. The molecule has 0 saturated carbocycles. The molecule has 18 heavy (non-hydrogen) atoms. The van der Waals surface area contributed by atoms with Gasteiger partial charge in [-0.05, 0) is 26.1 Å². The summed E-state index contributed by atoms with van der Waals surface area (Å²) >= 11 is 0. The van der Waals surface area contributed by atoms with Crippen molar-refractivity contribution in [2.24, 2.45) is 0 Å². The van der Waals surface area contributed by atoms with Crippen molar-refractivity contribution >= 4 is 0 Å². The maximum Gasteiger partial charge on any atom is 0.0954 e. The first-order chi connectivity index (χ1) is 8.69. The Bertz CT molecular complexity index is 462. The topological polar surface area (TPSA) is 21.1 Å². The van der Waals surface area contributed by atoms with Crippen molar-refractivity contribution in [2.75, 3.05) is 20.6 Å². The first-order valence-corrected chi connectivity index (χ1v) is 6.38. The molecule has 0 spiro atoms. The number of benzene rings is 1. The predicted molar refractivity (Wildman–Crippen MR) is 74.6 cm³/mol. The third kappa shape index (κ3) is 2.31. The normalized spacial score (nSPS) is 14.7. The van der Waals surface area contributed by atoms with E-state index in [-0.39, 0.29) is 5.54 Å². The lowest BCUT2D eigenvalue weighted by Crippen LogP contribution is -2.43. The molecule has 96 valence electrons. The minimum atomic E-state index is -0.0404. The lowest BCUT2D eigenvalue weighted by atomic mass is 9.86. The van der Waals surface area contributed by atoms with E-state index in [1.807, 2.05) is 12.5 Å². The van der Waals surface area contributed by atoms with Gasteiger partial charge in [0.05, 0.1) is 11.9 Å². The zero-order valence-corrected chi connectivity index (χ0v) is 11.4. The maximum atomic E-state index is 4.21. The molecule has 0 saturated heterocycles. The number of aromatic nitrogens is 2. The van der Waals surface area contributed by atoms with Crippen molar-refractivity contribution in [3.63, 3.8) is 0 Å². The van der Waals surface area contributed by atoms with Crippen LogP contribution >= 0.6 is 0 Å². The van der Waals surface area contributed by atoms with Gasteiger partial charge in [0, 0.05) is 18.9 Å². The van der Waals surface area contributed by atoms with E-state index in [1.165, 1.54) is 5.56 Å². The number of hydrogen-bond donors (Lipinski definition) is 0. The minimum absolute atomic E-state index is 0.0404. The summed E-state index contributed by atoms with van der Waals surface area (Å²) < 4.78 is 2.22. The lowest BCUT2D eigenvalue weighted by Gasteiger charge is -2.37. The van der Waals surface area contributed by atoms with Crippen molar-refractivity contribution in [2.45, 2.75) is 18.9 Å². The Kier molecular flexibility index (Phi) is 3.82. The summed E-state index contributed by atoms with van der Waals surface area (Å²) in [4.78, 5) is 6.45. The lowest BCUT2D eigenvalue weighted by molar-refractivity contribution is 0.235. The summed E-state index contributed by atoms with van der Waals surface area (Å²) in [5.41, 5.74) is 1.29. The average molecular weight is 243 g/mol. The van der Waals surface area contributed by atoms with E-state index in [4.69, 9.17) is 0 Å². The molecule has 0 fully saturated rings. The molecule has 2 aromatic rings. The Balaban J connectivity index is 2.51. The summed E-state index contributed by atoms with van der Waals surface area (Å²) in [6.45, 7) is 3.19. The molecule has 1 aromatic carbocycles. The largest absolute Gasteiger partial charge is 0.326 e. The van der Waals surface area contributed by atoms with Gasteiger partial charge in [0.15, 0.2) is 0 Å². The van der Waals surface area contributed by atoms with E-state index in [1.54, 1.807) is 0 Å². The van der Waals surface area contributed by atoms with Gasteiger partial charge >= 0.3 is 0 Å². The Morgan fingerprint density at radius 1 is 1.22 bits per heavy atom. The molecule has 1 heterocycles. The summed E-state index contributed by atoms with van der Waals surface area (Å²) in [6.07, 6.45) is 6.86. The summed E-state index contributed by atoms with van der Waals surface area (Å²) in [5.74, 6) is 0. The highest BCUT2D eigenvalue weighted by atomic mass is 15.2. The van der Waals surface area contributed by atoms with Crippen molar-refractivity contribution in [3.05, 3.63) is 54.6 Å². The molecule has 3 nitrogen and oxygen atoms in total. The second kappa shape index (κ2) is 5.36. The van der Waals surface area contributed by atoms with Crippen LogP contribution < -0.4 is 0 Å². The molecule has 1 aromatic heterocycles. The predicted octanol–water partition coefficient (Wildman–Crippen LogP) is 2.60. The fourth-order valence-electron chi connectivity index (χ4n) is 2.60. The smallest absolute Gasteiger partial charge is 0.0954 e. The second-order valence-corrected chi connectivity index (χ2v) is 4.96. The van der Waals surface area contributed by atoms with Gasteiger partial charge in [-0.1, -0.05) is 37.3 Å². The first kappa shape index (κ1) is 12.8. The van der Waals surface area contributed by atoms with Gasteiger partial charge in [-0.3, -0.25) is 0 Å². The number of hydrogen-bond acceptors (Lipinski definition) is 2. The Hall–Kier alpha value is -1.61. The van der Waals surface area contributed by atoms with E-state index in [9.17, 15) is 0 Å². The zero-order chi connectivity index (χ0) is 13.0. The number of nitrogens with zero attached hydrogens (tertiary/aromatic N) is 3. The highest BCUT2D eigenvalue weighted by Gasteiger charge is 2.32. The van der Waals surface area contributed by atoms with Gasteiger partial charge in [-0.15, -0.1) is 0 Å². The van der Waals surface area contributed by atoms with Crippen LogP contribution in [0.3, 0.4) is 0 Å². The Morgan fingerprint density at radius 3 is 2.44 bits per heavy atom. The molecular formula is C15H21N3. The number of likely N-dealkylation sites (N-methyl/N-ethyl adjacent to an activating group) is 1. The molecule has 0 N–H and O–H groups in total. The molecule has 2 rings (SSSR count). The molecule has 1 unspecified atom stereocenters. The van der Waals surface area contributed by atoms with Crippen LogP contribution in [0, 0.1) is 0 Å². The summed E-state index contributed by atoms with van der Waals surface area (Å²) in [5, 5.41) is 0. The van der Waals surface area contributed by atoms with Crippen LogP contribution in [0.15, 0.2) is 49.1 Å². The van der Waals surface area contributed by atoms with E-state index < -0.39 is 0 Å². The molecule has 0 radical (unpaired) electrons. The van der Waals surface area contributed by atoms with Gasteiger partial charge in [-0.2, -0.15) is 0 Å². The Morgan fingerprint density at radius 2 is 1.94 bits per heavy atom. The standard InChI is InChI=1S/C15H21N3/c1-4-15(12-17(2)3,18-11-10-16-13-18)14-8-6-5-7-9-14/h5-11,13H,4,12H2,1-3H3. The minimum Gasteiger partial charge on any atom is -0.326 e. The van der Waals surface area contributed by atoms with Crippen molar-refractivity contribution in [1.29, 1.82) is 0 Å². The molecular weight excluding hydrogens is 222 g/mol. The summed E-state index contributed by atoms with van der Waals surface area (Å²) in [7, 11) is 4.23. The van der Waals surface area contributed by atoms with Crippen LogP contribution in [0.4, 0.5) is 0 Å². The molecule has 0 amide bonds. The molecule has 1 atom stereocenters. The van der Waals surface area contributed by atoms with Crippen LogP contribution in [0.1, 0.15) is 18.9 Å². The van der Waals surface area contributed by atoms with E-state index in [0.29, 0.717) is 0 Å². The average Bonchev–Trinajstić information content (AvgIpc) is 2.91. The van der Waals surface area contributed by atoms with E-state index >= 15 is 0 Å². The molecule has 3 heteroatoms. The fourth-order valence-corrected chi connectivity index (χ4v) is 2.60. The zero-order valence-electron chi connectivity index (χ0n) is 11.4. The third-order valence-electron chi connectivity index (χ3n) is 3.47. The Labute approximate surface area is 109 Å². The van der Waals surface area contributed by atoms with Crippen LogP contribution in [-0.4, -0.2) is 35.1 Å². The van der Waals surface area contributed by atoms with E-state index in [0.717, 1.165) is 13.0 Å². The SMILES string of the molecule is CCC(CN(C)C)(c1ccccc1)n1ccnc1. The van der Waals surface area contributed by atoms with Gasteiger partial charge in [-0.25, -0.2) is 4.98 Å².